The Bertz CT molecular complexity index is 865. The number of alkyl halides is 3. The lowest BCUT2D eigenvalue weighted by molar-refractivity contribution is -0.153. The van der Waals surface area contributed by atoms with Gasteiger partial charge >= 0.3 is 6.18 Å². The molecule has 10 heteroatoms. The minimum absolute atomic E-state index is 0.0341. The second-order valence-electron chi connectivity index (χ2n) is 5.93. The van der Waals surface area contributed by atoms with Crippen molar-refractivity contribution in [2.45, 2.75) is 19.0 Å². The van der Waals surface area contributed by atoms with Gasteiger partial charge in [-0.15, -0.1) is 11.3 Å². The molecule has 0 unspecified atom stereocenters. The molecule has 5 nitrogen and oxygen atoms in total. The van der Waals surface area contributed by atoms with E-state index in [4.69, 9.17) is 16.3 Å². The van der Waals surface area contributed by atoms with Crippen molar-refractivity contribution >= 4 is 45.4 Å². The van der Waals surface area contributed by atoms with Crippen LogP contribution in [0.4, 0.5) is 23.9 Å². The number of thiophene rings is 1. The number of halogens is 4. The smallest absolute Gasteiger partial charge is 0.422 e. The predicted octanol–water partition coefficient (Wildman–Crippen LogP) is 4.94. The molecule has 27 heavy (non-hydrogen) atoms. The lowest BCUT2D eigenvalue weighted by Crippen LogP contribution is -2.20. The van der Waals surface area contributed by atoms with Crippen molar-refractivity contribution in [2.24, 2.45) is 5.92 Å². The summed E-state index contributed by atoms with van der Waals surface area (Å²) in [6.07, 6.45) is -2.80. The van der Waals surface area contributed by atoms with Gasteiger partial charge in [0, 0.05) is 17.0 Å². The number of nitrogens with one attached hydrogen (secondary N) is 2. The zero-order chi connectivity index (χ0) is 19.6. The first-order chi connectivity index (χ1) is 12.7. The number of carbonyl (C=O) groups excluding carboxylic acids is 2. The lowest BCUT2D eigenvalue weighted by atomic mass is 10.3. The van der Waals surface area contributed by atoms with E-state index in [1.165, 1.54) is 24.3 Å². The van der Waals surface area contributed by atoms with E-state index in [0.29, 0.717) is 5.00 Å². The number of carbonyl (C=O) groups is 2. The average molecular weight is 419 g/mol. The van der Waals surface area contributed by atoms with Gasteiger partial charge in [-0.2, -0.15) is 13.2 Å². The molecule has 1 aromatic carbocycles. The molecule has 1 aromatic heterocycles. The van der Waals surface area contributed by atoms with Gasteiger partial charge in [-0.05, 0) is 37.1 Å². The molecule has 3 rings (SSSR count). The topological polar surface area (TPSA) is 67.4 Å². The molecule has 144 valence electrons. The summed E-state index contributed by atoms with van der Waals surface area (Å²) in [6.45, 7) is -1.51. The zero-order valence-electron chi connectivity index (χ0n) is 13.7. The normalized spacial score (nSPS) is 13.9. The number of amides is 2. The second-order valence-corrected chi connectivity index (χ2v) is 7.45. The molecule has 1 aliphatic rings. The van der Waals surface area contributed by atoms with Crippen LogP contribution in [0.25, 0.3) is 0 Å². The number of benzene rings is 1. The largest absolute Gasteiger partial charge is 0.482 e. The Morgan fingerprint density at radius 1 is 1.19 bits per heavy atom. The van der Waals surface area contributed by atoms with Gasteiger partial charge in [0.25, 0.3) is 5.91 Å². The third kappa shape index (κ3) is 5.61. The number of ether oxygens (including phenoxy) is 1. The van der Waals surface area contributed by atoms with Crippen molar-refractivity contribution < 1.29 is 27.5 Å². The second kappa shape index (κ2) is 7.77. The first-order valence-corrected chi connectivity index (χ1v) is 9.12. The minimum Gasteiger partial charge on any atom is -0.482 e. The molecule has 1 heterocycles. The highest BCUT2D eigenvalue weighted by molar-refractivity contribution is 7.18. The molecule has 1 saturated carbocycles. The Hall–Kier alpha value is -2.26. The van der Waals surface area contributed by atoms with E-state index in [1.54, 1.807) is 6.07 Å². The quantitative estimate of drug-likeness (QED) is 0.698. The summed E-state index contributed by atoms with van der Waals surface area (Å²) in [5.41, 5.74) is 0.0608. The van der Waals surface area contributed by atoms with Gasteiger partial charge in [-0.1, -0.05) is 11.6 Å². The van der Waals surface area contributed by atoms with Crippen LogP contribution in [0.3, 0.4) is 0 Å². The molecule has 0 atom stereocenters. The maximum atomic E-state index is 12.4. The standard InChI is InChI=1S/C17H14ClF3N2O3S/c18-10-3-4-11(12(7-10)26-8-17(19,20)21)22-16(25)13-5-6-14(27-13)23-15(24)9-1-2-9/h3-7,9H,1-2,8H2,(H,22,25)(H,23,24). The summed E-state index contributed by atoms with van der Waals surface area (Å²) in [4.78, 5) is 24.4. The molecule has 1 aliphatic carbocycles. The predicted molar refractivity (Wildman–Crippen MR) is 96.6 cm³/mol. The molecule has 0 aliphatic heterocycles. The van der Waals surface area contributed by atoms with Gasteiger partial charge in [0.1, 0.15) is 5.75 Å². The van der Waals surface area contributed by atoms with Crippen molar-refractivity contribution in [1.29, 1.82) is 0 Å². The zero-order valence-corrected chi connectivity index (χ0v) is 15.3. The van der Waals surface area contributed by atoms with E-state index in [2.05, 4.69) is 10.6 Å². The summed E-state index contributed by atoms with van der Waals surface area (Å²) in [6, 6.07) is 7.10. The Morgan fingerprint density at radius 2 is 1.93 bits per heavy atom. The van der Waals surface area contributed by atoms with Crippen molar-refractivity contribution in [3.8, 4) is 5.75 Å². The molecule has 0 radical (unpaired) electrons. The van der Waals surface area contributed by atoms with Crippen molar-refractivity contribution in [3.05, 3.63) is 40.2 Å². The number of rotatable bonds is 6. The number of anilines is 2. The maximum absolute atomic E-state index is 12.4. The third-order valence-electron chi connectivity index (χ3n) is 3.61. The van der Waals surface area contributed by atoms with Crippen molar-refractivity contribution in [2.75, 3.05) is 17.2 Å². The van der Waals surface area contributed by atoms with Crippen molar-refractivity contribution in [1.82, 2.24) is 0 Å². The fraction of sp³-hybridized carbons (Fsp3) is 0.294. The summed E-state index contributed by atoms with van der Waals surface area (Å²) < 4.78 is 41.9. The molecule has 0 bridgehead atoms. The van der Waals surface area contributed by atoms with Crippen LogP contribution < -0.4 is 15.4 Å². The first-order valence-electron chi connectivity index (χ1n) is 7.92. The van der Waals surface area contributed by atoms with E-state index in [-0.39, 0.29) is 33.2 Å². The highest BCUT2D eigenvalue weighted by Gasteiger charge is 2.30. The molecule has 2 amide bonds. The number of hydrogen-bond donors (Lipinski definition) is 2. The van der Waals surface area contributed by atoms with Crippen LogP contribution in [-0.4, -0.2) is 24.6 Å². The molecular formula is C17H14ClF3N2O3S. The molecular weight excluding hydrogens is 405 g/mol. The molecule has 0 spiro atoms. The van der Waals surface area contributed by atoms with E-state index < -0.39 is 18.7 Å². The maximum Gasteiger partial charge on any atom is 0.422 e. The first kappa shape index (κ1) is 19.5. The molecule has 0 saturated heterocycles. The Labute approximate surface area is 161 Å². The highest BCUT2D eigenvalue weighted by Crippen LogP contribution is 2.33. The lowest BCUT2D eigenvalue weighted by Gasteiger charge is -2.14. The average Bonchev–Trinajstić information content (AvgIpc) is 3.34. The van der Waals surface area contributed by atoms with E-state index in [0.717, 1.165) is 24.2 Å². The summed E-state index contributed by atoms with van der Waals surface area (Å²) in [5, 5.41) is 5.93. The third-order valence-corrected chi connectivity index (χ3v) is 4.84. The van der Waals surface area contributed by atoms with Crippen LogP contribution in [-0.2, 0) is 4.79 Å². The fourth-order valence-corrected chi connectivity index (χ4v) is 3.12. The van der Waals surface area contributed by atoms with E-state index in [1.807, 2.05) is 0 Å². The summed E-state index contributed by atoms with van der Waals surface area (Å²) in [5.74, 6) is -0.769. The summed E-state index contributed by atoms with van der Waals surface area (Å²) in [7, 11) is 0. The monoisotopic (exact) mass is 418 g/mol. The summed E-state index contributed by atoms with van der Waals surface area (Å²) >= 11 is 6.86. The fourth-order valence-electron chi connectivity index (χ4n) is 2.16. The van der Waals surface area contributed by atoms with Crippen LogP contribution >= 0.6 is 22.9 Å². The minimum atomic E-state index is -4.52. The molecule has 2 N–H and O–H groups in total. The van der Waals surface area contributed by atoms with Crippen LogP contribution in [0.5, 0.6) is 5.75 Å². The Morgan fingerprint density at radius 3 is 2.59 bits per heavy atom. The number of hydrogen-bond acceptors (Lipinski definition) is 4. The van der Waals surface area contributed by atoms with Gasteiger partial charge in [-0.25, -0.2) is 0 Å². The van der Waals surface area contributed by atoms with Gasteiger partial charge in [0.15, 0.2) is 6.61 Å². The van der Waals surface area contributed by atoms with Gasteiger partial charge in [0.2, 0.25) is 5.91 Å². The molecule has 2 aromatic rings. The van der Waals surface area contributed by atoms with Gasteiger partial charge in [0.05, 0.1) is 15.6 Å². The van der Waals surface area contributed by atoms with Gasteiger partial charge < -0.3 is 15.4 Å². The van der Waals surface area contributed by atoms with Crippen LogP contribution in [0.1, 0.15) is 22.5 Å². The van der Waals surface area contributed by atoms with Crippen molar-refractivity contribution in [3.63, 3.8) is 0 Å². The Kier molecular flexibility index (Phi) is 5.61. The van der Waals surface area contributed by atoms with Crippen LogP contribution in [0.15, 0.2) is 30.3 Å². The SMILES string of the molecule is O=C(Nc1ccc(Cl)cc1OCC(F)(F)F)c1ccc(NC(=O)C2CC2)s1. The van der Waals surface area contributed by atoms with Crippen LogP contribution in [0, 0.1) is 5.92 Å². The highest BCUT2D eigenvalue weighted by atomic mass is 35.5. The molecule has 1 fully saturated rings. The Balaban J connectivity index is 1.68. The van der Waals surface area contributed by atoms with Crippen LogP contribution in [0.2, 0.25) is 5.02 Å². The van der Waals surface area contributed by atoms with Gasteiger partial charge in [-0.3, -0.25) is 9.59 Å². The van der Waals surface area contributed by atoms with E-state index in [9.17, 15) is 22.8 Å². The van der Waals surface area contributed by atoms with E-state index >= 15 is 0 Å².